The molecule has 2 aromatic rings. The largest absolute Gasteiger partial charge is 0.493 e. The van der Waals surface area contributed by atoms with E-state index in [-0.39, 0.29) is 17.8 Å². The third-order valence-corrected chi connectivity index (χ3v) is 4.98. The number of carbonyl (C=O) groups is 1. The molecule has 1 heterocycles. The second kappa shape index (κ2) is 8.23. The molecule has 0 aromatic heterocycles. The van der Waals surface area contributed by atoms with E-state index < -0.39 is 0 Å². The van der Waals surface area contributed by atoms with Crippen LogP contribution in [0.2, 0.25) is 0 Å². The molecular formula is C21H25NO4. The minimum absolute atomic E-state index is 0.00351. The lowest BCUT2D eigenvalue weighted by molar-refractivity contribution is -0.145. The second-order valence-electron chi connectivity index (χ2n) is 6.50. The molecule has 0 amide bonds. The number of esters is 1. The van der Waals surface area contributed by atoms with Gasteiger partial charge >= 0.3 is 5.97 Å². The van der Waals surface area contributed by atoms with Crippen LogP contribution in [0.3, 0.4) is 0 Å². The van der Waals surface area contributed by atoms with Crippen LogP contribution in [-0.4, -0.2) is 45.3 Å². The molecule has 138 valence electrons. The van der Waals surface area contributed by atoms with Gasteiger partial charge in [-0.3, -0.25) is 9.69 Å². The van der Waals surface area contributed by atoms with Crippen molar-refractivity contribution >= 4 is 5.97 Å². The van der Waals surface area contributed by atoms with Crippen LogP contribution in [0.5, 0.6) is 11.5 Å². The van der Waals surface area contributed by atoms with Crippen LogP contribution in [0, 0.1) is 5.92 Å². The summed E-state index contributed by atoms with van der Waals surface area (Å²) in [5.74, 6) is 0.946. The molecule has 0 radical (unpaired) electrons. The van der Waals surface area contributed by atoms with Gasteiger partial charge in [0.1, 0.15) is 0 Å². The van der Waals surface area contributed by atoms with Gasteiger partial charge in [0.25, 0.3) is 0 Å². The van der Waals surface area contributed by atoms with Crippen LogP contribution < -0.4 is 9.47 Å². The summed E-state index contributed by atoms with van der Waals surface area (Å²) in [4.78, 5) is 14.7. The molecule has 0 N–H and O–H groups in total. The number of hydrogen-bond acceptors (Lipinski definition) is 5. The lowest BCUT2D eigenvalue weighted by atomic mass is 9.88. The predicted molar refractivity (Wildman–Crippen MR) is 99.5 cm³/mol. The predicted octanol–water partition coefficient (Wildman–Crippen LogP) is 3.09. The lowest BCUT2D eigenvalue weighted by Crippen LogP contribution is -2.24. The zero-order valence-corrected chi connectivity index (χ0v) is 15.5. The first-order valence-corrected chi connectivity index (χ1v) is 8.73. The fourth-order valence-electron chi connectivity index (χ4n) is 3.77. The van der Waals surface area contributed by atoms with Gasteiger partial charge in [-0.1, -0.05) is 42.5 Å². The minimum atomic E-state index is -0.232. The maximum Gasteiger partial charge on any atom is 0.310 e. The monoisotopic (exact) mass is 355 g/mol. The Kier molecular flexibility index (Phi) is 5.78. The van der Waals surface area contributed by atoms with Gasteiger partial charge in [0, 0.05) is 31.1 Å². The van der Waals surface area contributed by atoms with Gasteiger partial charge in [-0.25, -0.2) is 0 Å². The summed E-state index contributed by atoms with van der Waals surface area (Å²) in [7, 11) is 4.70. The van der Waals surface area contributed by atoms with E-state index in [0.717, 1.165) is 18.7 Å². The molecule has 0 spiro atoms. The smallest absolute Gasteiger partial charge is 0.310 e. The average molecular weight is 355 g/mol. The van der Waals surface area contributed by atoms with Gasteiger partial charge in [-0.05, 0) is 11.6 Å². The van der Waals surface area contributed by atoms with E-state index in [4.69, 9.17) is 14.2 Å². The van der Waals surface area contributed by atoms with Gasteiger partial charge in [-0.15, -0.1) is 0 Å². The van der Waals surface area contributed by atoms with E-state index in [2.05, 4.69) is 17.0 Å². The number of methoxy groups -OCH3 is 3. The zero-order chi connectivity index (χ0) is 18.5. The average Bonchev–Trinajstić information content (AvgIpc) is 3.10. The summed E-state index contributed by atoms with van der Waals surface area (Å²) in [6.45, 7) is 2.22. The highest BCUT2D eigenvalue weighted by atomic mass is 16.5. The summed E-state index contributed by atoms with van der Waals surface area (Å²) < 4.78 is 16.1. The van der Waals surface area contributed by atoms with E-state index in [1.54, 1.807) is 14.2 Å². The van der Waals surface area contributed by atoms with Gasteiger partial charge in [0.05, 0.1) is 27.2 Å². The third-order valence-electron chi connectivity index (χ3n) is 4.98. The van der Waals surface area contributed by atoms with Gasteiger partial charge in [0.2, 0.25) is 0 Å². The summed E-state index contributed by atoms with van der Waals surface area (Å²) in [5.41, 5.74) is 2.21. The fraction of sp³-hybridized carbons (Fsp3) is 0.381. The summed E-state index contributed by atoms with van der Waals surface area (Å²) in [5, 5.41) is 0. The molecule has 2 atom stereocenters. The van der Waals surface area contributed by atoms with Gasteiger partial charge < -0.3 is 14.2 Å². The summed E-state index contributed by atoms with van der Waals surface area (Å²) in [6.07, 6.45) is 0. The molecule has 2 aromatic carbocycles. The number of nitrogens with zero attached hydrogens (tertiary/aromatic N) is 1. The Labute approximate surface area is 154 Å². The molecule has 1 aliphatic heterocycles. The maximum absolute atomic E-state index is 12.4. The van der Waals surface area contributed by atoms with Gasteiger partial charge in [-0.2, -0.15) is 0 Å². The lowest BCUT2D eigenvalue weighted by Gasteiger charge is -2.21. The Morgan fingerprint density at radius 1 is 1.00 bits per heavy atom. The van der Waals surface area contributed by atoms with Gasteiger partial charge in [0.15, 0.2) is 11.5 Å². The molecule has 2 unspecified atom stereocenters. The van der Waals surface area contributed by atoms with Crippen LogP contribution in [0.4, 0.5) is 0 Å². The number of rotatable bonds is 6. The number of para-hydroxylation sites is 1. The molecule has 5 heteroatoms. The van der Waals surface area contributed by atoms with Crippen molar-refractivity contribution < 1.29 is 19.0 Å². The Morgan fingerprint density at radius 3 is 2.42 bits per heavy atom. The Balaban J connectivity index is 1.90. The molecule has 1 fully saturated rings. The fourth-order valence-corrected chi connectivity index (χ4v) is 3.77. The van der Waals surface area contributed by atoms with E-state index in [0.29, 0.717) is 18.0 Å². The molecule has 1 saturated heterocycles. The normalized spacial score (nSPS) is 20.0. The first kappa shape index (κ1) is 18.3. The van der Waals surface area contributed by atoms with E-state index in [1.807, 2.05) is 36.4 Å². The van der Waals surface area contributed by atoms with E-state index in [1.165, 1.54) is 12.7 Å². The molecule has 3 rings (SSSR count). The first-order chi connectivity index (χ1) is 12.7. The van der Waals surface area contributed by atoms with Crippen LogP contribution in [0.1, 0.15) is 17.0 Å². The number of hydrogen-bond donors (Lipinski definition) is 0. The highest BCUT2D eigenvalue weighted by Crippen LogP contribution is 2.42. The summed E-state index contributed by atoms with van der Waals surface area (Å²) >= 11 is 0. The van der Waals surface area contributed by atoms with Crippen molar-refractivity contribution in [2.45, 2.75) is 12.5 Å². The third kappa shape index (κ3) is 3.68. The van der Waals surface area contributed by atoms with E-state index in [9.17, 15) is 4.79 Å². The molecule has 0 aliphatic carbocycles. The van der Waals surface area contributed by atoms with Crippen molar-refractivity contribution in [3.8, 4) is 11.5 Å². The molecule has 26 heavy (non-hydrogen) atoms. The van der Waals surface area contributed by atoms with Crippen molar-refractivity contribution in [3.63, 3.8) is 0 Å². The Morgan fingerprint density at radius 2 is 1.77 bits per heavy atom. The summed E-state index contributed by atoms with van der Waals surface area (Å²) in [6, 6.07) is 16.1. The number of benzene rings is 2. The van der Waals surface area contributed by atoms with Crippen molar-refractivity contribution in [1.82, 2.24) is 4.90 Å². The molecule has 5 nitrogen and oxygen atoms in total. The quantitative estimate of drug-likeness (QED) is 0.745. The van der Waals surface area contributed by atoms with Crippen LogP contribution in [-0.2, 0) is 16.1 Å². The first-order valence-electron chi connectivity index (χ1n) is 8.73. The number of likely N-dealkylation sites (tertiary alicyclic amines) is 1. The minimum Gasteiger partial charge on any atom is -0.493 e. The number of ether oxygens (including phenoxy) is 3. The maximum atomic E-state index is 12.4. The second-order valence-corrected chi connectivity index (χ2v) is 6.50. The van der Waals surface area contributed by atoms with Crippen molar-refractivity contribution in [2.75, 3.05) is 34.4 Å². The standard InChI is InChI=1S/C21H25NO4/c1-24-19-11-7-10-16(20(19)25-2)17-13-22(14-18(17)21(23)26-3)12-15-8-5-4-6-9-15/h4-11,17-18H,12-14H2,1-3H3. The van der Waals surface area contributed by atoms with Crippen molar-refractivity contribution in [1.29, 1.82) is 0 Å². The van der Waals surface area contributed by atoms with E-state index >= 15 is 0 Å². The molecule has 1 aliphatic rings. The Bertz CT molecular complexity index is 747. The molecule has 0 saturated carbocycles. The highest BCUT2D eigenvalue weighted by molar-refractivity contribution is 5.75. The van der Waals surface area contributed by atoms with Crippen LogP contribution >= 0.6 is 0 Å². The Hall–Kier alpha value is -2.53. The molecular weight excluding hydrogens is 330 g/mol. The highest BCUT2D eigenvalue weighted by Gasteiger charge is 2.40. The number of carbonyl (C=O) groups excluding carboxylic acids is 1. The molecule has 0 bridgehead atoms. The van der Waals surface area contributed by atoms with Crippen molar-refractivity contribution in [2.24, 2.45) is 5.92 Å². The zero-order valence-electron chi connectivity index (χ0n) is 15.5. The van der Waals surface area contributed by atoms with Crippen LogP contribution in [0.25, 0.3) is 0 Å². The van der Waals surface area contributed by atoms with Crippen LogP contribution in [0.15, 0.2) is 48.5 Å². The topological polar surface area (TPSA) is 48.0 Å². The van der Waals surface area contributed by atoms with Crippen molar-refractivity contribution in [3.05, 3.63) is 59.7 Å². The SMILES string of the molecule is COC(=O)C1CN(Cc2ccccc2)CC1c1cccc(OC)c1OC.